The first kappa shape index (κ1) is 7.76. The summed E-state index contributed by atoms with van der Waals surface area (Å²) in [6.45, 7) is 1.02. The Balaban J connectivity index is 2.28. The van der Waals surface area contributed by atoms with E-state index in [1.165, 1.54) is 5.69 Å². The van der Waals surface area contributed by atoms with Gasteiger partial charge in [0.25, 0.3) is 0 Å². The molecule has 4 heteroatoms. The second-order valence-corrected chi connectivity index (χ2v) is 3.50. The van der Waals surface area contributed by atoms with Gasteiger partial charge in [0, 0.05) is 36.4 Å². The monoisotopic (exact) mass is 181 g/mol. The first-order valence-corrected chi connectivity index (χ1v) is 4.84. The molecule has 0 atom stereocenters. The largest absolute Gasteiger partial charge is 0.319 e. The Labute approximate surface area is 75.1 Å². The molecule has 0 radical (unpaired) electrons. The van der Waals surface area contributed by atoms with Crippen molar-refractivity contribution in [3.63, 3.8) is 0 Å². The van der Waals surface area contributed by atoms with Crippen LogP contribution in [0.5, 0.6) is 0 Å². The van der Waals surface area contributed by atoms with Gasteiger partial charge < -0.3 is 5.32 Å². The Morgan fingerprint density at radius 3 is 3.42 bits per heavy atom. The normalized spacial score (nSPS) is 11.1. The first-order valence-electron chi connectivity index (χ1n) is 3.96. The van der Waals surface area contributed by atoms with E-state index in [4.69, 9.17) is 0 Å². The molecule has 0 spiro atoms. The minimum absolute atomic E-state index is 1.02. The van der Waals surface area contributed by atoms with Crippen molar-refractivity contribution in [3.8, 4) is 0 Å². The van der Waals surface area contributed by atoms with E-state index < -0.39 is 0 Å². The molecular formula is C8H11N3S. The highest BCUT2D eigenvalue weighted by Gasteiger charge is 2.01. The molecule has 12 heavy (non-hydrogen) atoms. The number of hydrogen-bond acceptors (Lipinski definition) is 3. The molecule has 2 aromatic heterocycles. The minimum Gasteiger partial charge on any atom is -0.319 e. The van der Waals surface area contributed by atoms with Crippen molar-refractivity contribution in [1.29, 1.82) is 0 Å². The first-order chi connectivity index (χ1) is 5.92. The number of nitrogens with zero attached hydrogens (tertiary/aromatic N) is 2. The van der Waals surface area contributed by atoms with Gasteiger partial charge in [-0.3, -0.25) is 4.40 Å². The number of aromatic nitrogens is 2. The molecule has 0 unspecified atom stereocenters. The van der Waals surface area contributed by atoms with Crippen LogP contribution in [0.4, 0.5) is 0 Å². The highest BCUT2D eigenvalue weighted by Crippen LogP contribution is 2.14. The van der Waals surface area contributed by atoms with E-state index in [2.05, 4.69) is 20.1 Å². The Morgan fingerprint density at radius 2 is 2.58 bits per heavy atom. The van der Waals surface area contributed by atoms with Crippen LogP contribution in [0.25, 0.3) is 4.96 Å². The van der Waals surface area contributed by atoms with Crippen molar-refractivity contribution >= 4 is 16.3 Å². The van der Waals surface area contributed by atoms with Crippen LogP contribution in [0.2, 0.25) is 0 Å². The summed E-state index contributed by atoms with van der Waals surface area (Å²) in [6.07, 6.45) is 4.92. The molecule has 0 fully saturated rings. The lowest BCUT2D eigenvalue weighted by atomic mass is 10.3. The van der Waals surface area contributed by atoms with Crippen LogP contribution in [0.1, 0.15) is 5.69 Å². The summed E-state index contributed by atoms with van der Waals surface area (Å²) in [5, 5.41) is 5.30. The number of rotatable bonds is 3. The van der Waals surface area contributed by atoms with Gasteiger partial charge in [-0.2, -0.15) is 0 Å². The highest BCUT2D eigenvalue weighted by atomic mass is 32.1. The van der Waals surface area contributed by atoms with E-state index in [-0.39, 0.29) is 0 Å². The topological polar surface area (TPSA) is 29.3 Å². The zero-order chi connectivity index (χ0) is 8.39. The van der Waals surface area contributed by atoms with Crippen LogP contribution in [-0.4, -0.2) is 23.0 Å². The maximum Gasteiger partial charge on any atom is 0.193 e. The minimum atomic E-state index is 1.02. The molecule has 2 aromatic rings. The standard InChI is InChI=1S/C8H11N3S/c1-9-3-2-7-6-12-8-10-4-5-11(7)8/h4-6,9H,2-3H2,1H3. The van der Waals surface area contributed by atoms with Crippen molar-refractivity contribution in [2.75, 3.05) is 13.6 Å². The molecule has 2 rings (SSSR count). The number of imidazole rings is 1. The van der Waals surface area contributed by atoms with Crippen molar-refractivity contribution in [2.24, 2.45) is 0 Å². The molecule has 1 N–H and O–H groups in total. The third kappa shape index (κ3) is 1.23. The van der Waals surface area contributed by atoms with E-state index in [1.807, 2.05) is 19.4 Å². The lowest BCUT2D eigenvalue weighted by Gasteiger charge is -1.97. The van der Waals surface area contributed by atoms with Crippen molar-refractivity contribution in [2.45, 2.75) is 6.42 Å². The molecular weight excluding hydrogens is 170 g/mol. The number of nitrogens with one attached hydrogen (secondary N) is 1. The summed E-state index contributed by atoms with van der Waals surface area (Å²) in [4.78, 5) is 5.29. The van der Waals surface area contributed by atoms with E-state index in [0.717, 1.165) is 17.9 Å². The Kier molecular flexibility index (Phi) is 2.10. The quantitative estimate of drug-likeness (QED) is 0.770. The Bertz CT molecular complexity index is 363. The van der Waals surface area contributed by atoms with Crippen molar-refractivity contribution in [1.82, 2.24) is 14.7 Å². The Hall–Kier alpha value is -0.870. The lowest BCUT2D eigenvalue weighted by Crippen LogP contribution is -2.11. The van der Waals surface area contributed by atoms with Gasteiger partial charge in [0.1, 0.15) is 0 Å². The predicted octanol–water partition coefficient (Wildman–Crippen LogP) is 1.16. The van der Waals surface area contributed by atoms with Gasteiger partial charge >= 0.3 is 0 Å². The smallest absolute Gasteiger partial charge is 0.193 e. The van der Waals surface area contributed by atoms with E-state index in [9.17, 15) is 0 Å². The van der Waals surface area contributed by atoms with Gasteiger partial charge in [-0.15, -0.1) is 11.3 Å². The summed E-state index contributed by atoms with van der Waals surface area (Å²) in [7, 11) is 1.97. The molecule has 0 aromatic carbocycles. The predicted molar refractivity (Wildman–Crippen MR) is 50.7 cm³/mol. The molecule has 3 nitrogen and oxygen atoms in total. The lowest BCUT2D eigenvalue weighted by molar-refractivity contribution is 0.772. The molecule has 0 amide bonds. The second kappa shape index (κ2) is 3.25. The third-order valence-corrected chi connectivity index (χ3v) is 2.75. The second-order valence-electron chi connectivity index (χ2n) is 2.66. The fourth-order valence-electron chi connectivity index (χ4n) is 1.21. The van der Waals surface area contributed by atoms with Crippen LogP contribution < -0.4 is 5.32 Å². The van der Waals surface area contributed by atoms with Gasteiger partial charge in [0.2, 0.25) is 0 Å². The van der Waals surface area contributed by atoms with Crippen molar-refractivity contribution < 1.29 is 0 Å². The van der Waals surface area contributed by atoms with Gasteiger partial charge in [-0.25, -0.2) is 4.98 Å². The highest BCUT2D eigenvalue weighted by molar-refractivity contribution is 7.15. The van der Waals surface area contributed by atoms with Crippen LogP contribution in [0, 0.1) is 0 Å². The molecule has 0 aliphatic heterocycles. The average molecular weight is 181 g/mol. The fourth-order valence-corrected chi connectivity index (χ4v) is 2.09. The molecule has 64 valence electrons. The van der Waals surface area contributed by atoms with E-state index in [0.29, 0.717) is 0 Å². The summed E-state index contributed by atoms with van der Waals surface area (Å²) in [5.41, 5.74) is 1.34. The van der Waals surface area contributed by atoms with E-state index in [1.54, 1.807) is 11.3 Å². The molecule has 0 saturated heterocycles. The van der Waals surface area contributed by atoms with Crippen LogP contribution in [0.15, 0.2) is 17.8 Å². The van der Waals surface area contributed by atoms with Gasteiger partial charge in [0.15, 0.2) is 4.96 Å². The maximum atomic E-state index is 4.21. The Morgan fingerprint density at radius 1 is 1.67 bits per heavy atom. The average Bonchev–Trinajstić information content (AvgIpc) is 2.62. The molecule has 0 aliphatic carbocycles. The van der Waals surface area contributed by atoms with Crippen LogP contribution in [0.3, 0.4) is 0 Å². The molecule has 0 bridgehead atoms. The molecule has 2 heterocycles. The third-order valence-electron chi connectivity index (χ3n) is 1.85. The van der Waals surface area contributed by atoms with Crippen molar-refractivity contribution in [3.05, 3.63) is 23.5 Å². The zero-order valence-corrected chi connectivity index (χ0v) is 7.77. The number of fused-ring (bicyclic) bond motifs is 1. The zero-order valence-electron chi connectivity index (χ0n) is 6.95. The van der Waals surface area contributed by atoms with Gasteiger partial charge in [0.05, 0.1) is 0 Å². The van der Waals surface area contributed by atoms with E-state index >= 15 is 0 Å². The van der Waals surface area contributed by atoms with Crippen LogP contribution in [-0.2, 0) is 6.42 Å². The maximum absolute atomic E-state index is 4.21. The molecule has 0 saturated carbocycles. The summed E-state index contributed by atoms with van der Waals surface area (Å²) < 4.78 is 2.14. The fraction of sp³-hybridized carbons (Fsp3) is 0.375. The summed E-state index contributed by atoms with van der Waals surface area (Å²) in [6, 6.07) is 0. The molecule has 0 aliphatic rings. The van der Waals surface area contributed by atoms with Crippen LogP contribution >= 0.6 is 11.3 Å². The SMILES string of the molecule is CNCCc1csc2nccn12. The number of hydrogen-bond donors (Lipinski definition) is 1. The summed E-state index contributed by atoms with van der Waals surface area (Å²) >= 11 is 1.70. The summed E-state index contributed by atoms with van der Waals surface area (Å²) in [5.74, 6) is 0. The number of likely N-dealkylation sites (N-methyl/N-ethyl adjacent to an activating group) is 1. The number of thiazole rings is 1. The van der Waals surface area contributed by atoms with Gasteiger partial charge in [-0.05, 0) is 7.05 Å². The van der Waals surface area contributed by atoms with Gasteiger partial charge in [-0.1, -0.05) is 0 Å².